The van der Waals surface area contributed by atoms with E-state index in [9.17, 15) is 9.59 Å². The molecule has 0 spiro atoms. The van der Waals surface area contributed by atoms with Gasteiger partial charge in [-0.05, 0) is 36.8 Å². The van der Waals surface area contributed by atoms with Crippen LogP contribution in [0.2, 0.25) is 0 Å². The van der Waals surface area contributed by atoms with Crippen molar-refractivity contribution in [2.24, 2.45) is 0 Å². The zero-order valence-electron chi connectivity index (χ0n) is 12.4. The molecule has 0 aliphatic heterocycles. The highest BCUT2D eigenvalue weighted by molar-refractivity contribution is 5.90. The number of urea groups is 1. The largest absolute Gasteiger partial charge is 0.465 e. The fraction of sp³-hybridized carbons (Fsp3) is 0.188. The van der Waals surface area contributed by atoms with Crippen LogP contribution >= 0.6 is 0 Å². The SMILES string of the molecule is CCNC(=O)Nc1ccc(-c2ccc(C(=O)OC)cc2)cn1. The molecular weight excluding hydrogens is 282 g/mol. The Kier molecular flexibility index (Phi) is 5.08. The lowest BCUT2D eigenvalue weighted by atomic mass is 10.1. The summed E-state index contributed by atoms with van der Waals surface area (Å²) in [5.74, 6) is 0.104. The van der Waals surface area contributed by atoms with Gasteiger partial charge in [0.15, 0.2) is 0 Å². The molecule has 0 bridgehead atoms. The summed E-state index contributed by atoms with van der Waals surface area (Å²) in [6.45, 7) is 2.39. The molecule has 2 aromatic rings. The van der Waals surface area contributed by atoms with Crippen LogP contribution in [0.1, 0.15) is 17.3 Å². The maximum atomic E-state index is 11.4. The number of amides is 2. The van der Waals surface area contributed by atoms with E-state index < -0.39 is 0 Å². The van der Waals surface area contributed by atoms with Crippen LogP contribution in [0.25, 0.3) is 11.1 Å². The number of nitrogens with zero attached hydrogens (tertiary/aromatic N) is 1. The average molecular weight is 299 g/mol. The van der Waals surface area contributed by atoms with E-state index in [0.717, 1.165) is 11.1 Å². The van der Waals surface area contributed by atoms with Crippen LogP contribution in [0.4, 0.5) is 10.6 Å². The van der Waals surface area contributed by atoms with Gasteiger partial charge < -0.3 is 10.1 Å². The number of nitrogens with one attached hydrogen (secondary N) is 2. The normalized spacial score (nSPS) is 9.91. The number of ether oxygens (including phenoxy) is 1. The molecule has 0 atom stereocenters. The Morgan fingerprint density at radius 1 is 1.09 bits per heavy atom. The van der Waals surface area contributed by atoms with Crippen molar-refractivity contribution in [3.8, 4) is 11.1 Å². The molecule has 0 radical (unpaired) electrons. The molecule has 0 aliphatic carbocycles. The maximum Gasteiger partial charge on any atom is 0.337 e. The van der Waals surface area contributed by atoms with Gasteiger partial charge in [0.1, 0.15) is 5.82 Å². The van der Waals surface area contributed by atoms with Gasteiger partial charge in [-0.25, -0.2) is 14.6 Å². The standard InChI is InChI=1S/C16H17N3O3/c1-3-17-16(21)19-14-9-8-13(10-18-14)11-4-6-12(7-5-11)15(20)22-2/h4-10H,3H2,1-2H3,(H2,17,18,19,21). The van der Waals surface area contributed by atoms with Crippen LogP contribution in [0.5, 0.6) is 0 Å². The predicted octanol–water partition coefficient (Wildman–Crippen LogP) is 2.68. The Morgan fingerprint density at radius 2 is 1.77 bits per heavy atom. The van der Waals surface area contributed by atoms with Crippen molar-refractivity contribution < 1.29 is 14.3 Å². The van der Waals surface area contributed by atoms with E-state index in [2.05, 4.69) is 20.4 Å². The second-order valence-corrected chi connectivity index (χ2v) is 4.49. The highest BCUT2D eigenvalue weighted by Crippen LogP contribution is 2.20. The number of anilines is 1. The van der Waals surface area contributed by atoms with Gasteiger partial charge in [0.05, 0.1) is 12.7 Å². The number of methoxy groups -OCH3 is 1. The molecule has 22 heavy (non-hydrogen) atoms. The number of carbonyl (C=O) groups is 2. The molecule has 6 nitrogen and oxygen atoms in total. The van der Waals surface area contributed by atoms with Gasteiger partial charge in [-0.1, -0.05) is 12.1 Å². The molecule has 0 saturated carbocycles. The first-order chi connectivity index (χ1) is 10.6. The van der Waals surface area contributed by atoms with E-state index in [1.54, 1.807) is 24.4 Å². The number of pyridine rings is 1. The van der Waals surface area contributed by atoms with Gasteiger partial charge in [-0.3, -0.25) is 5.32 Å². The minimum absolute atomic E-state index is 0.287. The van der Waals surface area contributed by atoms with Crippen LogP contribution in [0.15, 0.2) is 42.6 Å². The van der Waals surface area contributed by atoms with Crippen molar-refractivity contribution in [2.45, 2.75) is 6.92 Å². The van der Waals surface area contributed by atoms with Gasteiger partial charge in [-0.2, -0.15) is 0 Å². The van der Waals surface area contributed by atoms with E-state index in [0.29, 0.717) is 17.9 Å². The lowest BCUT2D eigenvalue weighted by Gasteiger charge is -2.07. The Hall–Kier alpha value is -2.89. The molecule has 114 valence electrons. The number of hydrogen-bond donors (Lipinski definition) is 2. The Balaban J connectivity index is 2.10. The summed E-state index contributed by atoms with van der Waals surface area (Å²) in [5.41, 5.74) is 2.30. The fourth-order valence-electron chi connectivity index (χ4n) is 1.88. The number of hydrogen-bond acceptors (Lipinski definition) is 4. The zero-order valence-corrected chi connectivity index (χ0v) is 12.4. The lowest BCUT2D eigenvalue weighted by molar-refractivity contribution is 0.0600. The van der Waals surface area contributed by atoms with Crippen molar-refractivity contribution in [1.82, 2.24) is 10.3 Å². The summed E-state index contributed by atoms with van der Waals surface area (Å²) in [6.07, 6.45) is 1.66. The predicted molar refractivity (Wildman–Crippen MR) is 83.7 cm³/mol. The third-order valence-electron chi connectivity index (χ3n) is 2.98. The summed E-state index contributed by atoms with van der Waals surface area (Å²) >= 11 is 0. The summed E-state index contributed by atoms with van der Waals surface area (Å²) in [4.78, 5) is 27.0. The Morgan fingerprint density at radius 3 is 2.32 bits per heavy atom. The van der Waals surface area contributed by atoms with Gasteiger partial charge in [0, 0.05) is 18.3 Å². The van der Waals surface area contributed by atoms with Crippen molar-refractivity contribution in [2.75, 3.05) is 19.0 Å². The van der Waals surface area contributed by atoms with E-state index >= 15 is 0 Å². The zero-order chi connectivity index (χ0) is 15.9. The van der Waals surface area contributed by atoms with Gasteiger partial charge >= 0.3 is 12.0 Å². The second kappa shape index (κ2) is 7.21. The van der Waals surface area contributed by atoms with E-state index in [1.165, 1.54) is 7.11 Å². The summed E-state index contributed by atoms with van der Waals surface area (Å²) in [7, 11) is 1.35. The van der Waals surface area contributed by atoms with E-state index in [1.807, 2.05) is 25.1 Å². The van der Waals surface area contributed by atoms with E-state index in [-0.39, 0.29) is 12.0 Å². The summed E-state index contributed by atoms with van der Waals surface area (Å²) < 4.78 is 4.66. The first-order valence-electron chi connectivity index (χ1n) is 6.83. The van der Waals surface area contributed by atoms with Crippen LogP contribution in [0.3, 0.4) is 0 Å². The first kappa shape index (κ1) is 15.5. The molecule has 0 aliphatic rings. The maximum absolute atomic E-state index is 11.4. The van der Waals surface area contributed by atoms with Crippen molar-refractivity contribution >= 4 is 17.8 Å². The molecule has 2 rings (SSSR count). The van der Waals surface area contributed by atoms with Crippen LogP contribution in [-0.2, 0) is 4.74 Å². The number of carbonyl (C=O) groups excluding carboxylic acids is 2. The molecule has 6 heteroatoms. The lowest BCUT2D eigenvalue weighted by Crippen LogP contribution is -2.28. The fourth-order valence-corrected chi connectivity index (χ4v) is 1.88. The molecule has 2 amide bonds. The van der Waals surface area contributed by atoms with Crippen molar-refractivity contribution in [1.29, 1.82) is 0 Å². The minimum Gasteiger partial charge on any atom is -0.465 e. The molecule has 2 N–H and O–H groups in total. The highest BCUT2D eigenvalue weighted by atomic mass is 16.5. The van der Waals surface area contributed by atoms with Gasteiger partial charge in [-0.15, -0.1) is 0 Å². The smallest absolute Gasteiger partial charge is 0.337 e. The molecule has 1 aromatic carbocycles. The molecular formula is C16H17N3O3. The monoisotopic (exact) mass is 299 g/mol. The number of benzene rings is 1. The van der Waals surface area contributed by atoms with E-state index in [4.69, 9.17) is 0 Å². The average Bonchev–Trinajstić information content (AvgIpc) is 2.55. The van der Waals surface area contributed by atoms with Crippen LogP contribution < -0.4 is 10.6 Å². The van der Waals surface area contributed by atoms with Crippen LogP contribution in [-0.4, -0.2) is 30.6 Å². The topological polar surface area (TPSA) is 80.3 Å². The van der Waals surface area contributed by atoms with Crippen molar-refractivity contribution in [3.63, 3.8) is 0 Å². The molecule has 1 heterocycles. The molecule has 0 fully saturated rings. The molecule has 1 aromatic heterocycles. The van der Waals surface area contributed by atoms with Crippen molar-refractivity contribution in [3.05, 3.63) is 48.2 Å². The van der Waals surface area contributed by atoms with Crippen LogP contribution in [0, 0.1) is 0 Å². The Bertz CT molecular complexity index is 651. The quantitative estimate of drug-likeness (QED) is 0.851. The highest BCUT2D eigenvalue weighted by Gasteiger charge is 2.06. The first-order valence-corrected chi connectivity index (χ1v) is 6.83. The molecule has 0 unspecified atom stereocenters. The third-order valence-corrected chi connectivity index (χ3v) is 2.98. The molecule has 0 saturated heterocycles. The van der Waals surface area contributed by atoms with Gasteiger partial charge in [0.2, 0.25) is 0 Å². The number of esters is 1. The Labute approximate surface area is 128 Å². The summed E-state index contributed by atoms with van der Waals surface area (Å²) in [6, 6.07) is 10.3. The second-order valence-electron chi connectivity index (χ2n) is 4.49. The minimum atomic E-state index is -0.369. The van der Waals surface area contributed by atoms with Gasteiger partial charge in [0.25, 0.3) is 0 Å². The third kappa shape index (κ3) is 3.82. The summed E-state index contributed by atoms with van der Waals surface area (Å²) in [5, 5.41) is 5.26. The number of rotatable bonds is 4. The number of aromatic nitrogens is 1.